The van der Waals surface area contributed by atoms with Gasteiger partial charge in [0.15, 0.2) is 0 Å². The first-order chi connectivity index (χ1) is 13.6. The van der Waals surface area contributed by atoms with E-state index >= 15 is 0 Å². The lowest BCUT2D eigenvalue weighted by Crippen LogP contribution is -2.01. The predicted octanol–water partition coefficient (Wildman–Crippen LogP) is 5.30. The van der Waals surface area contributed by atoms with E-state index in [-0.39, 0.29) is 5.75 Å². The van der Waals surface area contributed by atoms with Crippen LogP contribution in [0.4, 0.5) is 0 Å². The summed E-state index contributed by atoms with van der Waals surface area (Å²) >= 11 is 12.6. The van der Waals surface area contributed by atoms with Crippen LogP contribution in [0, 0.1) is 0 Å². The fourth-order valence-electron chi connectivity index (χ4n) is 3.09. The molecular weight excluding hydrogens is 397 g/mol. The van der Waals surface area contributed by atoms with Crippen LogP contribution in [0.2, 0.25) is 10.0 Å². The summed E-state index contributed by atoms with van der Waals surface area (Å²) in [4.78, 5) is 3.99. The van der Waals surface area contributed by atoms with Crippen molar-refractivity contribution in [3.05, 3.63) is 76.2 Å². The summed E-state index contributed by atoms with van der Waals surface area (Å²) in [6.45, 7) is 0. The van der Waals surface area contributed by atoms with Crippen LogP contribution in [0.1, 0.15) is 11.3 Å². The number of nitrogens with zero attached hydrogens (tertiary/aromatic N) is 3. The number of hydrogen-bond acceptors (Lipinski definition) is 5. The summed E-state index contributed by atoms with van der Waals surface area (Å²) in [7, 11) is 1.61. The fraction of sp³-hybridized carbons (Fsp3) is 0.0952. The molecule has 7 heteroatoms. The number of rotatable bonds is 4. The van der Waals surface area contributed by atoms with Crippen molar-refractivity contribution in [2.45, 2.75) is 6.42 Å². The topological polar surface area (TPSA) is 68.1 Å². The van der Waals surface area contributed by atoms with Gasteiger partial charge in [0.1, 0.15) is 17.2 Å². The second kappa shape index (κ2) is 7.62. The van der Waals surface area contributed by atoms with Crippen LogP contribution >= 0.6 is 23.2 Å². The van der Waals surface area contributed by atoms with E-state index in [0.717, 1.165) is 27.6 Å². The van der Waals surface area contributed by atoms with Crippen LogP contribution in [-0.4, -0.2) is 27.4 Å². The Morgan fingerprint density at radius 2 is 1.75 bits per heavy atom. The zero-order valence-electron chi connectivity index (χ0n) is 14.9. The van der Waals surface area contributed by atoms with Crippen LogP contribution < -0.4 is 4.74 Å². The monoisotopic (exact) mass is 411 g/mol. The first-order valence-electron chi connectivity index (χ1n) is 8.47. The zero-order chi connectivity index (χ0) is 19.7. The summed E-state index contributed by atoms with van der Waals surface area (Å²) < 4.78 is 5.39. The average Bonchev–Trinajstić information content (AvgIpc) is 2.70. The second-order valence-electron chi connectivity index (χ2n) is 6.22. The van der Waals surface area contributed by atoms with Crippen molar-refractivity contribution in [2.75, 3.05) is 7.11 Å². The molecule has 4 rings (SSSR count). The molecule has 0 aliphatic rings. The van der Waals surface area contributed by atoms with Crippen molar-refractivity contribution in [3.63, 3.8) is 0 Å². The van der Waals surface area contributed by atoms with Gasteiger partial charge in [-0.05, 0) is 35.9 Å². The van der Waals surface area contributed by atoms with Gasteiger partial charge in [0, 0.05) is 35.2 Å². The van der Waals surface area contributed by atoms with Gasteiger partial charge in [-0.2, -0.15) is 5.10 Å². The Morgan fingerprint density at radius 1 is 0.964 bits per heavy atom. The van der Waals surface area contributed by atoms with Gasteiger partial charge < -0.3 is 9.84 Å². The van der Waals surface area contributed by atoms with Gasteiger partial charge in [-0.1, -0.05) is 35.3 Å². The number of phenolic OH excluding ortho intramolecular Hbond substituents is 1. The number of fused-ring (bicyclic) bond motifs is 1. The number of halogens is 2. The zero-order valence-corrected chi connectivity index (χ0v) is 16.4. The van der Waals surface area contributed by atoms with Crippen molar-refractivity contribution < 1.29 is 9.84 Å². The molecule has 0 aliphatic carbocycles. The van der Waals surface area contributed by atoms with Gasteiger partial charge in [0.2, 0.25) is 0 Å². The van der Waals surface area contributed by atoms with E-state index in [1.807, 2.05) is 24.3 Å². The maximum Gasteiger partial charge on any atom is 0.119 e. The van der Waals surface area contributed by atoms with E-state index in [4.69, 9.17) is 27.9 Å². The molecule has 0 amide bonds. The van der Waals surface area contributed by atoms with Crippen LogP contribution in [0.3, 0.4) is 0 Å². The fourth-order valence-corrected chi connectivity index (χ4v) is 3.59. The lowest BCUT2D eigenvalue weighted by atomic mass is 10.00. The molecule has 2 heterocycles. The quantitative estimate of drug-likeness (QED) is 0.493. The number of aromatic nitrogens is 3. The molecule has 0 fully saturated rings. The lowest BCUT2D eigenvalue weighted by molar-refractivity contribution is 0.415. The molecule has 0 saturated carbocycles. The molecule has 0 aliphatic heterocycles. The number of methoxy groups -OCH3 is 1. The highest BCUT2D eigenvalue weighted by atomic mass is 35.5. The van der Waals surface area contributed by atoms with Crippen molar-refractivity contribution in [2.24, 2.45) is 0 Å². The summed E-state index contributed by atoms with van der Waals surface area (Å²) in [6.07, 6.45) is 3.53. The van der Waals surface area contributed by atoms with Crippen molar-refractivity contribution >= 4 is 34.0 Å². The smallest absolute Gasteiger partial charge is 0.119 e. The molecule has 5 nitrogen and oxygen atoms in total. The highest BCUT2D eigenvalue weighted by molar-refractivity contribution is 6.35. The molecule has 0 saturated heterocycles. The molecule has 1 N–H and O–H groups in total. The minimum absolute atomic E-state index is 0.162. The number of phenols is 1. The first-order valence-corrected chi connectivity index (χ1v) is 9.23. The molecule has 2 aromatic heterocycles. The summed E-state index contributed by atoms with van der Waals surface area (Å²) in [5.41, 5.74) is 2.89. The van der Waals surface area contributed by atoms with Gasteiger partial charge in [0.25, 0.3) is 0 Å². The van der Waals surface area contributed by atoms with E-state index in [1.165, 1.54) is 0 Å². The van der Waals surface area contributed by atoms with Crippen molar-refractivity contribution in [1.29, 1.82) is 0 Å². The number of benzene rings is 2. The van der Waals surface area contributed by atoms with Gasteiger partial charge >= 0.3 is 0 Å². The maximum atomic E-state index is 9.85. The van der Waals surface area contributed by atoms with Crippen molar-refractivity contribution in [1.82, 2.24) is 15.2 Å². The molecule has 2 aromatic carbocycles. The highest BCUT2D eigenvalue weighted by Crippen LogP contribution is 2.34. The van der Waals surface area contributed by atoms with Crippen LogP contribution in [0.25, 0.3) is 22.0 Å². The molecule has 0 spiro atoms. The molecule has 140 valence electrons. The number of pyridine rings is 1. The summed E-state index contributed by atoms with van der Waals surface area (Å²) in [5, 5.41) is 21.4. The molecule has 0 radical (unpaired) electrons. The maximum absolute atomic E-state index is 9.85. The first kappa shape index (κ1) is 18.5. The van der Waals surface area contributed by atoms with Crippen LogP contribution in [0.5, 0.6) is 11.5 Å². The van der Waals surface area contributed by atoms with E-state index in [0.29, 0.717) is 27.9 Å². The second-order valence-corrected chi connectivity index (χ2v) is 7.03. The van der Waals surface area contributed by atoms with E-state index < -0.39 is 0 Å². The Morgan fingerprint density at radius 3 is 2.46 bits per heavy atom. The molecular formula is C21H15Cl2N3O2. The summed E-state index contributed by atoms with van der Waals surface area (Å²) in [5.74, 6) is 0.864. The predicted molar refractivity (Wildman–Crippen MR) is 110 cm³/mol. The third-order valence-corrected chi connectivity index (χ3v) is 5.13. The van der Waals surface area contributed by atoms with Gasteiger partial charge in [-0.25, -0.2) is 0 Å². The van der Waals surface area contributed by atoms with Crippen molar-refractivity contribution in [3.8, 4) is 22.8 Å². The Balaban J connectivity index is 1.91. The van der Waals surface area contributed by atoms with E-state index in [9.17, 15) is 5.11 Å². The normalized spacial score (nSPS) is 11.0. The van der Waals surface area contributed by atoms with E-state index in [2.05, 4.69) is 15.2 Å². The molecule has 0 atom stereocenters. The van der Waals surface area contributed by atoms with Crippen LogP contribution in [-0.2, 0) is 6.42 Å². The van der Waals surface area contributed by atoms with Crippen LogP contribution in [0.15, 0.2) is 54.9 Å². The summed E-state index contributed by atoms with van der Waals surface area (Å²) in [6, 6.07) is 12.6. The Hall–Kier alpha value is -2.89. The molecule has 4 aromatic rings. The average molecular weight is 412 g/mol. The number of aromatic hydroxyl groups is 1. The SMILES string of the molecule is COc1ccc2c(Cc3c(Cl)cncc3Cl)nnc(-c3cccc(O)c3)c2c1. The third kappa shape index (κ3) is 3.46. The molecule has 0 bridgehead atoms. The van der Waals surface area contributed by atoms with Gasteiger partial charge in [-0.15, -0.1) is 5.10 Å². The Bertz CT molecular complexity index is 1160. The van der Waals surface area contributed by atoms with E-state index in [1.54, 1.807) is 37.7 Å². The lowest BCUT2D eigenvalue weighted by Gasteiger charge is -2.12. The molecule has 28 heavy (non-hydrogen) atoms. The molecule has 0 unspecified atom stereocenters. The van der Waals surface area contributed by atoms with Gasteiger partial charge in [0.05, 0.1) is 22.8 Å². The standard InChI is InChI=1S/C21H15Cl2N3O2/c1-28-14-5-6-15-16(8-14)21(12-3-2-4-13(27)7-12)26-25-20(15)9-17-18(22)10-24-11-19(17)23/h2-8,10-11,27H,9H2,1H3. The Labute approximate surface area is 171 Å². The minimum Gasteiger partial charge on any atom is -0.508 e. The third-order valence-electron chi connectivity index (χ3n) is 4.48. The minimum atomic E-state index is 0.162. The van der Waals surface area contributed by atoms with Gasteiger partial charge in [-0.3, -0.25) is 4.98 Å². The highest BCUT2D eigenvalue weighted by Gasteiger charge is 2.15. The number of hydrogen-bond donors (Lipinski definition) is 1. The Kier molecular flexibility index (Phi) is 5.03. The largest absolute Gasteiger partial charge is 0.508 e. The number of ether oxygens (including phenoxy) is 1.